The summed E-state index contributed by atoms with van der Waals surface area (Å²) in [7, 11) is 0. The molecule has 1 aromatic carbocycles. The monoisotopic (exact) mass is 222 g/mol. The summed E-state index contributed by atoms with van der Waals surface area (Å²) in [6.07, 6.45) is 0.796. The zero-order valence-electron chi connectivity index (χ0n) is 9.81. The van der Waals surface area contributed by atoms with E-state index < -0.39 is 0 Å². The summed E-state index contributed by atoms with van der Waals surface area (Å²) in [5.41, 5.74) is 0.575. The van der Waals surface area contributed by atoms with Gasteiger partial charge in [-0.05, 0) is 18.1 Å². The lowest BCUT2D eigenvalue weighted by molar-refractivity contribution is 0.0814. The van der Waals surface area contributed by atoms with Crippen molar-refractivity contribution in [3.63, 3.8) is 0 Å². The molecule has 0 amide bonds. The first-order valence-corrected chi connectivity index (χ1v) is 5.48. The van der Waals surface area contributed by atoms with Gasteiger partial charge in [-0.2, -0.15) is 0 Å². The molecule has 3 heteroatoms. The third kappa shape index (κ3) is 4.45. The summed E-state index contributed by atoms with van der Waals surface area (Å²) >= 11 is 0. The number of rotatable bonds is 7. The Bertz CT molecular complexity index is 321. The fourth-order valence-corrected chi connectivity index (χ4v) is 1.24. The molecule has 16 heavy (non-hydrogen) atoms. The van der Waals surface area contributed by atoms with Crippen molar-refractivity contribution in [2.24, 2.45) is 5.92 Å². The van der Waals surface area contributed by atoms with Crippen LogP contribution in [0.4, 0.5) is 0 Å². The molecule has 0 unspecified atom stereocenters. The average Bonchev–Trinajstić information content (AvgIpc) is 2.29. The molecule has 0 aliphatic rings. The average molecular weight is 222 g/mol. The molecule has 0 aliphatic heterocycles. The maximum atomic E-state index is 10.7. The number of para-hydroxylation sites is 1. The van der Waals surface area contributed by atoms with E-state index in [0.717, 1.165) is 12.9 Å². The summed E-state index contributed by atoms with van der Waals surface area (Å²) in [6.45, 7) is 5.95. The Morgan fingerprint density at radius 2 is 2.00 bits per heavy atom. The lowest BCUT2D eigenvalue weighted by atomic mass is 10.2. The minimum Gasteiger partial charge on any atom is -0.490 e. The molecule has 0 aromatic heterocycles. The maximum Gasteiger partial charge on any atom is 0.153 e. The Morgan fingerprint density at radius 1 is 1.25 bits per heavy atom. The Morgan fingerprint density at radius 3 is 2.69 bits per heavy atom. The standard InChI is InChI=1S/C13H18O3/c1-11(2)10-15-7-8-16-13-6-4-3-5-12(13)9-14/h3-6,9,11H,7-8,10H2,1-2H3. The first-order valence-electron chi connectivity index (χ1n) is 5.48. The van der Waals surface area contributed by atoms with Crippen LogP contribution in [-0.2, 0) is 4.74 Å². The van der Waals surface area contributed by atoms with Gasteiger partial charge in [0.15, 0.2) is 6.29 Å². The second-order valence-corrected chi connectivity index (χ2v) is 3.97. The van der Waals surface area contributed by atoms with Gasteiger partial charge in [0.1, 0.15) is 12.4 Å². The first kappa shape index (κ1) is 12.7. The molecule has 1 aromatic rings. The number of carbonyl (C=O) groups is 1. The van der Waals surface area contributed by atoms with E-state index in [1.807, 2.05) is 12.1 Å². The number of hydrogen-bond donors (Lipinski definition) is 0. The van der Waals surface area contributed by atoms with Gasteiger partial charge in [0.2, 0.25) is 0 Å². The summed E-state index contributed by atoms with van der Waals surface area (Å²) in [5.74, 6) is 1.15. The zero-order valence-corrected chi connectivity index (χ0v) is 9.81. The van der Waals surface area contributed by atoms with Crippen LogP contribution in [0.5, 0.6) is 5.75 Å². The van der Waals surface area contributed by atoms with Gasteiger partial charge in [-0.3, -0.25) is 4.79 Å². The molecule has 0 heterocycles. The summed E-state index contributed by atoms with van der Waals surface area (Å²) in [6, 6.07) is 7.17. The number of carbonyl (C=O) groups excluding carboxylic acids is 1. The third-order valence-corrected chi connectivity index (χ3v) is 1.98. The quantitative estimate of drug-likeness (QED) is 0.525. The SMILES string of the molecule is CC(C)COCCOc1ccccc1C=O. The van der Waals surface area contributed by atoms with Crippen molar-refractivity contribution in [3.05, 3.63) is 29.8 Å². The molecule has 88 valence electrons. The Kier molecular flexibility index (Phi) is 5.57. The van der Waals surface area contributed by atoms with Gasteiger partial charge in [0, 0.05) is 6.61 Å². The molecule has 0 atom stereocenters. The van der Waals surface area contributed by atoms with Crippen LogP contribution in [0.2, 0.25) is 0 Å². The van der Waals surface area contributed by atoms with Crippen molar-refractivity contribution in [1.29, 1.82) is 0 Å². The Hall–Kier alpha value is -1.35. The van der Waals surface area contributed by atoms with E-state index in [2.05, 4.69) is 13.8 Å². The lowest BCUT2D eigenvalue weighted by Crippen LogP contribution is -2.10. The molecular formula is C13H18O3. The summed E-state index contributed by atoms with van der Waals surface area (Å²) < 4.78 is 10.8. The minimum absolute atomic E-state index is 0.470. The second kappa shape index (κ2) is 7.01. The maximum absolute atomic E-state index is 10.7. The number of ether oxygens (including phenoxy) is 2. The predicted octanol–water partition coefficient (Wildman–Crippen LogP) is 2.55. The summed E-state index contributed by atoms with van der Waals surface area (Å²) in [5, 5.41) is 0. The fourth-order valence-electron chi connectivity index (χ4n) is 1.24. The lowest BCUT2D eigenvalue weighted by Gasteiger charge is -2.09. The van der Waals surface area contributed by atoms with E-state index in [1.165, 1.54) is 0 Å². The largest absolute Gasteiger partial charge is 0.490 e. The molecule has 0 spiro atoms. The molecule has 3 nitrogen and oxygen atoms in total. The molecule has 0 radical (unpaired) electrons. The van der Waals surface area contributed by atoms with Crippen LogP contribution in [0.15, 0.2) is 24.3 Å². The van der Waals surface area contributed by atoms with Crippen molar-refractivity contribution in [3.8, 4) is 5.75 Å². The summed E-state index contributed by atoms with van der Waals surface area (Å²) in [4.78, 5) is 10.7. The number of benzene rings is 1. The van der Waals surface area contributed by atoms with Crippen molar-refractivity contribution < 1.29 is 14.3 Å². The van der Waals surface area contributed by atoms with Crippen LogP contribution >= 0.6 is 0 Å². The van der Waals surface area contributed by atoms with Gasteiger partial charge in [-0.15, -0.1) is 0 Å². The molecule has 0 saturated carbocycles. The predicted molar refractivity (Wildman–Crippen MR) is 63.0 cm³/mol. The highest BCUT2D eigenvalue weighted by atomic mass is 16.5. The third-order valence-electron chi connectivity index (χ3n) is 1.98. The van der Waals surface area contributed by atoms with Gasteiger partial charge in [0.05, 0.1) is 12.2 Å². The molecule has 0 fully saturated rings. The second-order valence-electron chi connectivity index (χ2n) is 3.97. The normalized spacial score (nSPS) is 10.4. The van der Waals surface area contributed by atoms with Crippen molar-refractivity contribution >= 4 is 6.29 Å². The van der Waals surface area contributed by atoms with E-state index in [-0.39, 0.29) is 0 Å². The van der Waals surface area contributed by atoms with Crippen LogP contribution in [0.25, 0.3) is 0 Å². The highest BCUT2D eigenvalue weighted by Crippen LogP contribution is 2.15. The Balaban J connectivity index is 2.29. The number of hydrogen-bond acceptors (Lipinski definition) is 3. The smallest absolute Gasteiger partial charge is 0.153 e. The fraction of sp³-hybridized carbons (Fsp3) is 0.462. The van der Waals surface area contributed by atoms with E-state index in [9.17, 15) is 4.79 Å². The van der Waals surface area contributed by atoms with Crippen molar-refractivity contribution in [2.75, 3.05) is 19.8 Å². The van der Waals surface area contributed by atoms with Crippen LogP contribution in [-0.4, -0.2) is 26.1 Å². The molecule has 0 saturated heterocycles. The number of aldehydes is 1. The minimum atomic E-state index is 0.470. The van der Waals surface area contributed by atoms with Gasteiger partial charge >= 0.3 is 0 Å². The first-order chi connectivity index (χ1) is 7.74. The van der Waals surface area contributed by atoms with Gasteiger partial charge in [0.25, 0.3) is 0 Å². The molecular weight excluding hydrogens is 204 g/mol. The van der Waals surface area contributed by atoms with E-state index in [4.69, 9.17) is 9.47 Å². The van der Waals surface area contributed by atoms with Gasteiger partial charge in [-0.25, -0.2) is 0 Å². The van der Waals surface area contributed by atoms with Crippen LogP contribution in [0.3, 0.4) is 0 Å². The van der Waals surface area contributed by atoms with Crippen LogP contribution in [0, 0.1) is 5.92 Å². The van der Waals surface area contributed by atoms with Gasteiger partial charge < -0.3 is 9.47 Å². The molecule has 0 N–H and O–H groups in total. The highest BCUT2D eigenvalue weighted by molar-refractivity contribution is 5.79. The van der Waals surface area contributed by atoms with Crippen LogP contribution in [0.1, 0.15) is 24.2 Å². The molecule has 1 rings (SSSR count). The van der Waals surface area contributed by atoms with E-state index >= 15 is 0 Å². The van der Waals surface area contributed by atoms with E-state index in [1.54, 1.807) is 12.1 Å². The van der Waals surface area contributed by atoms with E-state index in [0.29, 0.717) is 30.4 Å². The molecule has 0 bridgehead atoms. The zero-order chi connectivity index (χ0) is 11.8. The van der Waals surface area contributed by atoms with Crippen molar-refractivity contribution in [1.82, 2.24) is 0 Å². The highest BCUT2D eigenvalue weighted by Gasteiger charge is 2.01. The van der Waals surface area contributed by atoms with Crippen LogP contribution < -0.4 is 4.74 Å². The topological polar surface area (TPSA) is 35.5 Å². The Labute approximate surface area is 96.4 Å². The van der Waals surface area contributed by atoms with Gasteiger partial charge in [-0.1, -0.05) is 26.0 Å². The molecule has 0 aliphatic carbocycles. The van der Waals surface area contributed by atoms with Crippen molar-refractivity contribution in [2.45, 2.75) is 13.8 Å².